The first-order valence-corrected chi connectivity index (χ1v) is 11.1. The van der Waals surface area contributed by atoms with Gasteiger partial charge in [-0.15, -0.1) is 0 Å². The van der Waals surface area contributed by atoms with Gasteiger partial charge >= 0.3 is 0 Å². The normalized spacial score (nSPS) is 15.9. The smallest absolute Gasteiger partial charge is 0.242 e. The molecule has 0 amide bonds. The van der Waals surface area contributed by atoms with Gasteiger partial charge in [0.1, 0.15) is 4.90 Å². The quantitative estimate of drug-likeness (QED) is 0.768. The number of halogens is 2. The van der Waals surface area contributed by atoms with E-state index in [4.69, 9.17) is 23.2 Å². The van der Waals surface area contributed by atoms with Crippen molar-refractivity contribution in [1.29, 1.82) is 0 Å². The lowest BCUT2D eigenvalue weighted by Crippen LogP contribution is -2.44. The summed E-state index contributed by atoms with van der Waals surface area (Å²) in [5, 5.41) is 0.489. The molecule has 1 aliphatic heterocycles. The number of benzene rings is 2. The van der Waals surface area contributed by atoms with Crippen molar-refractivity contribution < 1.29 is 8.42 Å². The Labute approximate surface area is 170 Å². The monoisotopic (exact) mass is 427 g/mol. The van der Waals surface area contributed by atoms with Gasteiger partial charge in [0.2, 0.25) is 10.0 Å². The summed E-state index contributed by atoms with van der Waals surface area (Å²) in [6.07, 6.45) is 0.598. The molecule has 0 atom stereocenters. The first kappa shape index (κ1) is 20.4. The van der Waals surface area contributed by atoms with E-state index in [9.17, 15) is 8.42 Å². The van der Waals surface area contributed by atoms with Crippen molar-refractivity contribution in [2.75, 3.05) is 44.7 Å². The van der Waals surface area contributed by atoms with E-state index in [0.717, 1.165) is 31.7 Å². The van der Waals surface area contributed by atoms with Gasteiger partial charge in [0.05, 0.1) is 5.02 Å². The van der Waals surface area contributed by atoms with Crippen LogP contribution in [-0.4, -0.2) is 53.1 Å². The number of piperazine rings is 1. The molecule has 1 N–H and O–H groups in total. The molecule has 5 nitrogen and oxygen atoms in total. The maximum Gasteiger partial charge on any atom is 0.242 e. The molecular weight excluding hydrogens is 405 g/mol. The van der Waals surface area contributed by atoms with Crippen LogP contribution in [0, 0.1) is 0 Å². The molecule has 1 saturated heterocycles. The third-order valence-electron chi connectivity index (χ3n) is 4.69. The number of likely N-dealkylation sites (N-methyl/N-ethyl adjacent to an activating group) is 1. The number of nitrogens with one attached hydrogen (secondary N) is 1. The first-order valence-electron chi connectivity index (χ1n) is 8.82. The molecule has 3 rings (SSSR count). The maximum atomic E-state index is 12.4. The number of nitrogens with zero attached hydrogens (tertiary/aromatic N) is 2. The average molecular weight is 428 g/mol. The van der Waals surface area contributed by atoms with Gasteiger partial charge in [-0.25, -0.2) is 13.1 Å². The summed E-state index contributed by atoms with van der Waals surface area (Å²) in [5.74, 6) is 0. The summed E-state index contributed by atoms with van der Waals surface area (Å²) in [6, 6.07) is 12.7. The Bertz CT molecular complexity index is 880. The molecule has 0 aliphatic carbocycles. The summed E-state index contributed by atoms with van der Waals surface area (Å²) >= 11 is 11.9. The summed E-state index contributed by atoms with van der Waals surface area (Å²) in [7, 11) is -1.56. The van der Waals surface area contributed by atoms with Crippen LogP contribution in [0.15, 0.2) is 47.4 Å². The van der Waals surface area contributed by atoms with Crippen molar-refractivity contribution in [2.45, 2.75) is 11.3 Å². The first-order chi connectivity index (χ1) is 12.8. The van der Waals surface area contributed by atoms with E-state index in [1.54, 1.807) is 6.07 Å². The van der Waals surface area contributed by atoms with Gasteiger partial charge in [0, 0.05) is 43.4 Å². The second kappa shape index (κ2) is 8.80. The van der Waals surface area contributed by atoms with Crippen molar-refractivity contribution in [2.24, 2.45) is 0 Å². The Balaban J connectivity index is 1.56. The van der Waals surface area contributed by atoms with Crippen molar-refractivity contribution in [1.82, 2.24) is 9.62 Å². The molecule has 146 valence electrons. The predicted octanol–water partition coefficient (Wildman–Crippen LogP) is 3.27. The van der Waals surface area contributed by atoms with Crippen LogP contribution in [0.2, 0.25) is 10.0 Å². The highest BCUT2D eigenvalue weighted by Gasteiger charge is 2.18. The minimum atomic E-state index is -3.69. The molecule has 0 radical (unpaired) electrons. The van der Waals surface area contributed by atoms with Crippen LogP contribution in [-0.2, 0) is 16.4 Å². The fraction of sp³-hybridized carbons (Fsp3) is 0.368. The molecule has 0 unspecified atom stereocenters. The number of hydrogen-bond donors (Lipinski definition) is 1. The molecule has 1 heterocycles. The third-order valence-corrected chi connectivity index (χ3v) is 6.87. The Hall–Kier alpha value is -1.31. The SMILES string of the molecule is CN1CCN(c2ccc(CCNS(=O)(=O)c3cc(Cl)ccc3Cl)cc2)CC1. The van der Waals surface area contributed by atoms with Crippen LogP contribution in [0.1, 0.15) is 5.56 Å². The van der Waals surface area contributed by atoms with Gasteiger partial charge in [-0.1, -0.05) is 35.3 Å². The molecule has 2 aromatic carbocycles. The third kappa shape index (κ3) is 5.36. The zero-order chi connectivity index (χ0) is 19.4. The largest absolute Gasteiger partial charge is 0.369 e. The molecule has 1 aliphatic rings. The zero-order valence-corrected chi connectivity index (χ0v) is 17.5. The van der Waals surface area contributed by atoms with E-state index >= 15 is 0 Å². The highest BCUT2D eigenvalue weighted by atomic mass is 35.5. The Morgan fingerprint density at radius 1 is 1.00 bits per heavy atom. The number of sulfonamides is 1. The molecular formula is C19H23Cl2N3O2S. The summed E-state index contributed by atoms with van der Waals surface area (Å²) in [6.45, 7) is 4.47. The Morgan fingerprint density at radius 3 is 2.33 bits per heavy atom. The molecule has 0 bridgehead atoms. The molecule has 0 spiro atoms. The molecule has 1 fully saturated rings. The summed E-state index contributed by atoms with van der Waals surface area (Å²) in [4.78, 5) is 4.69. The van der Waals surface area contributed by atoms with Crippen LogP contribution in [0.25, 0.3) is 0 Å². The Morgan fingerprint density at radius 2 is 1.67 bits per heavy atom. The number of rotatable bonds is 6. The lowest BCUT2D eigenvalue weighted by Gasteiger charge is -2.34. The second-order valence-corrected chi connectivity index (χ2v) is 9.26. The van der Waals surface area contributed by atoms with Gasteiger partial charge in [-0.05, 0) is 49.4 Å². The van der Waals surface area contributed by atoms with Crippen molar-refractivity contribution in [3.05, 3.63) is 58.1 Å². The fourth-order valence-corrected chi connectivity index (χ4v) is 4.82. The molecule has 8 heteroatoms. The minimum absolute atomic E-state index is 0.00193. The van der Waals surface area contributed by atoms with Crippen LogP contribution in [0.3, 0.4) is 0 Å². The predicted molar refractivity (Wildman–Crippen MR) is 112 cm³/mol. The van der Waals surface area contributed by atoms with E-state index in [0.29, 0.717) is 18.0 Å². The topological polar surface area (TPSA) is 52.6 Å². The van der Waals surface area contributed by atoms with Gasteiger partial charge in [0.25, 0.3) is 0 Å². The van der Waals surface area contributed by atoms with E-state index in [1.165, 1.54) is 17.8 Å². The highest BCUT2D eigenvalue weighted by Crippen LogP contribution is 2.24. The summed E-state index contributed by atoms with van der Waals surface area (Å²) in [5.41, 5.74) is 2.28. The lowest BCUT2D eigenvalue weighted by molar-refractivity contribution is 0.313. The number of anilines is 1. The molecule has 2 aromatic rings. The summed E-state index contributed by atoms with van der Waals surface area (Å²) < 4.78 is 27.4. The Kier molecular flexibility index (Phi) is 6.65. The minimum Gasteiger partial charge on any atom is -0.369 e. The van der Waals surface area contributed by atoms with E-state index in [1.807, 2.05) is 12.1 Å². The van der Waals surface area contributed by atoms with Crippen LogP contribution >= 0.6 is 23.2 Å². The average Bonchev–Trinajstić information content (AvgIpc) is 2.65. The standard InChI is InChI=1S/C19H23Cl2N3O2S/c1-23-10-12-24(13-11-23)17-5-2-15(3-6-17)8-9-22-27(25,26)19-14-16(20)4-7-18(19)21/h2-7,14,22H,8-13H2,1H3. The van der Waals surface area contributed by atoms with E-state index in [2.05, 4.69) is 33.7 Å². The van der Waals surface area contributed by atoms with Crippen molar-refractivity contribution >= 4 is 38.9 Å². The fourth-order valence-electron chi connectivity index (χ4n) is 3.03. The highest BCUT2D eigenvalue weighted by molar-refractivity contribution is 7.89. The maximum absolute atomic E-state index is 12.4. The van der Waals surface area contributed by atoms with Gasteiger partial charge in [-0.2, -0.15) is 0 Å². The van der Waals surface area contributed by atoms with E-state index < -0.39 is 10.0 Å². The van der Waals surface area contributed by atoms with Gasteiger partial charge in [-0.3, -0.25) is 0 Å². The lowest BCUT2D eigenvalue weighted by atomic mass is 10.1. The van der Waals surface area contributed by atoms with E-state index in [-0.39, 0.29) is 9.92 Å². The molecule has 27 heavy (non-hydrogen) atoms. The zero-order valence-electron chi connectivity index (χ0n) is 15.2. The molecule has 0 aromatic heterocycles. The van der Waals surface area contributed by atoms with Crippen molar-refractivity contribution in [3.8, 4) is 0 Å². The van der Waals surface area contributed by atoms with Crippen LogP contribution in [0.4, 0.5) is 5.69 Å². The van der Waals surface area contributed by atoms with Gasteiger partial charge in [0.15, 0.2) is 0 Å². The second-order valence-electron chi connectivity index (χ2n) is 6.68. The molecule has 0 saturated carbocycles. The van der Waals surface area contributed by atoms with Crippen LogP contribution < -0.4 is 9.62 Å². The van der Waals surface area contributed by atoms with Crippen LogP contribution in [0.5, 0.6) is 0 Å². The van der Waals surface area contributed by atoms with Crippen molar-refractivity contribution in [3.63, 3.8) is 0 Å². The van der Waals surface area contributed by atoms with Gasteiger partial charge < -0.3 is 9.80 Å². The number of hydrogen-bond acceptors (Lipinski definition) is 4.